The van der Waals surface area contributed by atoms with E-state index in [4.69, 9.17) is 0 Å². The molecule has 23 heavy (non-hydrogen) atoms. The van der Waals surface area contributed by atoms with Gasteiger partial charge in [0.25, 0.3) is 0 Å². The molecule has 2 atom stereocenters. The van der Waals surface area contributed by atoms with Crippen molar-refractivity contribution >= 4 is 16.0 Å². The van der Waals surface area contributed by atoms with Crippen molar-refractivity contribution in [3.63, 3.8) is 0 Å². The number of aliphatic hydroxyl groups excluding tert-OH is 1. The summed E-state index contributed by atoms with van der Waals surface area (Å²) in [5, 5.41) is 9.45. The third-order valence-electron chi connectivity index (χ3n) is 3.42. The van der Waals surface area contributed by atoms with Crippen LogP contribution in [-0.2, 0) is 19.6 Å². The first-order valence-corrected chi connectivity index (χ1v) is 8.71. The van der Waals surface area contributed by atoms with Crippen molar-refractivity contribution in [2.24, 2.45) is 5.92 Å². The molecule has 1 aromatic carbocycles. The van der Waals surface area contributed by atoms with Crippen LogP contribution in [0.15, 0.2) is 41.3 Å². The quantitative estimate of drug-likeness (QED) is 0.551. The van der Waals surface area contributed by atoms with Crippen molar-refractivity contribution < 1.29 is 23.1 Å². The van der Waals surface area contributed by atoms with Crippen molar-refractivity contribution in [2.75, 3.05) is 13.7 Å². The van der Waals surface area contributed by atoms with Crippen LogP contribution in [0.4, 0.5) is 0 Å². The fourth-order valence-electron chi connectivity index (χ4n) is 1.89. The first-order valence-electron chi connectivity index (χ1n) is 7.23. The lowest BCUT2D eigenvalue weighted by molar-refractivity contribution is -0.139. The lowest BCUT2D eigenvalue weighted by atomic mass is 10.0. The van der Waals surface area contributed by atoms with Gasteiger partial charge in [-0.3, -0.25) is 4.79 Å². The average Bonchev–Trinajstić information content (AvgIpc) is 2.52. The molecule has 0 unspecified atom stereocenters. The average molecular weight is 341 g/mol. The summed E-state index contributed by atoms with van der Waals surface area (Å²) in [6, 6.07) is 5.77. The van der Waals surface area contributed by atoms with Gasteiger partial charge in [-0.15, -0.1) is 0 Å². The van der Waals surface area contributed by atoms with E-state index in [1.54, 1.807) is 31.2 Å². The second-order valence-corrected chi connectivity index (χ2v) is 7.00. The molecule has 0 radical (unpaired) electrons. The third kappa shape index (κ3) is 6.13. The fraction of sp³-hybridized carbons (Fsp3) is 0.438. The SMILES string of the molecule is COC(=O)CC=C[C@H](C)[C@H](CO)NS(=O)(=O)c1ccc(C)cc1. The zero-order valence-electron chi connectivity index (χ0n) is 13.5. The monoisotopic (exact) mass is 341 g/mol. The van der Waals surface area contributed by atoms with E-state index in [0.29, 0.717) is 0 Å². The molecule has 0 aliphatic carbocycles. The smallest absolute Gasteiger partial charge is 0.309 e. The molecule has 6 nitrogen and oxygen atoms in total. The number of ether oxygens (including phenoxy) is 1. The van der Waals surface area contributed by atoms with Gasteiger partial charge in [0, 0.05) is 0 Å². The molecule has 2 N–H and O–H groups in total. The molecule has 0 saturated carbocycles. The highest BCUT2D eigenvalue weighted by Crippen LogP contribution is 2.13. The molecule has 0 spiro atoms. The summed E-state index contributed by atoms with van der Waals surface area (Å²) in [6.45, 7) is 3.27. The Morgan fingerprint density at radius 1 is 1.35 bits per heavy atom. The van der Waals surface area contributed by atoms with Gasteiger partial charge < -0.3 is 9.84 Å². The maximum atomic E-state index is 12.3. The Balaban J connectivity index is 2.77. The number of sulfonamides is 1. The largest absolute Gasteiger partial charge is 0.469 e. The molecule has 0 bridgehead atoms. The van der Waals surface area contributed by atoms with Crippen LogP contribution in [-0.4, -0.2) is 39.3 Å². The van der Waals surface area contributed by atoms with E-state index >= 15 is 0 Å². The number of rotatable bonds is 8. The van der Waals surface area contributed by atoms with Gasteiger partial charge in [-0.05, 0) is 25.0 Å². The Labute approximate surface area is 137 Å². The molecule has 1 aromatic rings. The molecule has 0 fully saturated rings. The summed E-state index contributed by atoms with van der Waals surface area (Å²) in [7, 11) is -2.42. The maximum absolute atomic E-state index is 12.3. The highest BCUT2D eigenvalue weighted by molar-refractivity contribution is 7.89. The van der Waals surface area contributed by atoms with E-state index in [2.05, 4.69) is 9.46 Å². The predicted octanol–water partition coefficient (Wildman–Crippen LogP) is 1.39. The van der Waals surface area contributed by atoms with Crippen molar-refractivity contribution in [1.29, 1.82) is 0 Å². The third-order valence-corrected chi connectivity index (χ3v) is 4.93. The summed E-state index contributed by atoms with van der Waals surface area (Å²) >= 11 is 0. The molecule has 0 heterocycles. The molecule has 1 rings (SSSR count). The van der Waals surface area contributed by atoms with Crippen LogP contribution in [0.1, 0.15) is 18.9 Å². The van der Waals surface area contributed by atoms with Crippen LogP contribution >= 0.6 is 0 Å². The Bertz CT molecular complexity index is 637. The minimum atomic E-state index is -3.71. The van der Waals surface area contributed by atoms with Gasteiger partial charge in [-0.2, -0.15) is 0 Å². The highest BCUT2D eigenvalue weighted by atomic mass is 32.2. The van der Waals surface area contributed by atoms with Crippen LogP contribution in [0.25, 0.3) is 0 Å². The summed E-state index contributed by atoms with van der Waals surface area (Å²) in [5.41, 5.74) is 0.960. The molecular weight excluding hydrogens is 318 g/mol. The molecule has 128 valence electrons. The minimum absolute atomic E-state index is 0.101. The van der Waals surface area contributed by atoms with Gasteiger partial charge in [-0.1, -0.05) is 36.8 Å². The number of nitrogens with one attached hydrogen (secondary N) is 1. The van der Waals surface area contributed by atoms with Crippen molar-refractivity contribution in [3.8, 4) is 0 Å². The second-order valence-electron chi connectivity index (χ2n) is 5.29. The zero-order chi connectivity index (χ0) is 17.5. The number of carbonyl (C=O) groups excluding carboxylic acids is 1. The molecule has 0 amide bonds. The summed E-state index contributed by atoms with van der Waals surface area (Å²) < 4.78 is 31.7. The van der Waals surface area contributed by atoms with Gasteiger partial charge in [0.1, 0.15) is 0 Å². The molecule has 7 heteroatoms. The lowest BCUT2D eigenvalue weighted by Gasteiger charge is -2.20. The minimum Gasteiger partial charge on any atom is -0.469 e. The molecule has 0 saturated heterocycles. The summed E-state index contributed by atoms with van der Waals surface area (Å²) in [4.78, 5) is 11.2. The number of carbonyl (C=O) groups is 1. The number of esters is 1. The second kappa shape index (κ2) is 8.81. The number of aliphatic hydroxyl groups is 1. The normalized spacial score (nSPS) is 14.6. The fourth-order valence-corrected chi connectivity index (χ4v) is 3.21. The van der Waals surface area contributed by atoms with E-state index in [1.807, 2.05) is 6.92 Å². The molecule has 0 aliphatic heterocycles. The number of hydrogen-bond acceptors (Lipinski definition) is 5. The Morgan fingerprint density at radius 3 is 2.48 bits per heavy atom. The van der Waals surface area contributed by atoms with Crippen molar-refractivity contribution in [3.05, 3.63) is 42.0 Å². The van der Waals surface area contributed by atoms with Crippen LogP contribution in [0.5, 0.6) is 0 Å². The Morgan fingerprint density at radius 2 is 1.96 bits per heavy atom. The van der Waals surface area contributed by atoms with E-state index < -0.39 is 16.1 Å². The Hall–Kier alpha value is -1.70. The molecular formula is C16H23NO5S. The molecule has 0 aliphatic rings. The van der Waals surface area contributed by atoms with Gasteiger partial charge in [-0.25, -0.2) is 13.1 Å². The number of hydrogen-bond donors (Lipinski definition) is 2. The van der Waals surface area contributed by atoms with Crippen molar-refractivity contribution in [2.45, 2.75) is 31.2 Å². The van der Waals surface area contributed by atoms with Crippen LogP contribution < -0.4 is 4.72 Å². The van der Waals surface area contributed by atoms with Gasteiger partial charge in [0.15, 0.2) is 0 Å². The van der Waals surface area contributed by atoms with Crippen molar-refractivity contribution in [1.82, 2.24) is 4.72 Å². The van der Waals surface area contributed by atoms with Crippen LogP contribution in [0, 0.1) is 12.8 Å². The van der Waals surface area contributed by atoms with Crippen LogP contribution in [0.2, 0.25) is 0 Å². The lowest BCUT2D eigenvalue weighted by Crippen LogP contribution is -2.41. The summed E-state index contributed by atoms with van der Waals surface area (Å²) in [5.74, 6) is -0.667. The van der Waals surface area contributed by atoms with E-state index in [0.717, 1.165) is 5.56 Å². The summed E-state index contributed by atoms with van der Waals surface area (Å²) in [6.07, 6.45) is 3.37. The highest BCUT2D eigenvalue weighted by Gasteiger charge is 2.22. The van der Waals surface area contributed by atoms with Gasteiger partial charge >= 0.3 is 5.97 Å². The topological polar surface area (TPSA) is 92.7 Å². The first-order chi connectivity index (χ1) is 10.8. The first kappa shape index (κ1) is 19.3. The predicted molar refractivity (Wildman–Crippen MR) is 87.3 cm³/mol. The zero-order valence-corrected chi connectivity index (χ0v) is 14.3. The van der Waals surface area contributed by atoms with E-state index in [-0.39, 0.29) is 29.8 Å². The molecule has 0 aromatic heterocycles. The van der Waals surface area contributed by atoms with E-state index in [1.165, 1.54) is 19.2 Å². The van der Waals surface area contributed by atoms with Gasteiger partial charge in [0.05, 0.1) is 31.1 Å². The number of benzene rings is 1. The maximum Gasteiger partial charge on any atom is 0.309 e. The van der Waals surface area contributed by atoms with Crippen LogP contribution in [0.3, 0.4) is 0 Å². The number of aryl methyl sites for hydroxylation is 1. The van der Waals surface area contributed by atoms with E-state index in [9.17, 15) is 18.3 Å². The standard InChI is InChI=1S/C16H23NO5S/c1-12-7-9-14(10-8-12)23(20,21)17-15(11-18)13(2)5-4-6-16(19)22-3/h4-5,7-10,13,15,17-18H,6,11H2,1-3H3/t13-,15-/m0/s1. The Kier molecular flexibility index (Phi) is 7.41. The number of methoxy groups -OCH3 is 1. The van der Waals surface area contributed by atoms with Gasteiger partial charge in [0.2, 0.25) is 10.0 Å².